The molecular formula is C14H22N2O5S2. The second kappa shape index (κ2) is 7.27. The zero-order valence-electron chi connectivity index (χ0n) is 13.2. The molecule has 0 radical (unpaired) electrons. The summed E-state index contributed by atoms with van der Waals surface area (Å²) in [5.74, 6) is 0. The molecule has 1 fully saturated rings. The van der Waals surface area contributed by atoms with E-state index < -0.39 is 20.0 Å². The Morgan fingerprint density at radius 1 is 1.09 bits per heavy atom. The van der Waals surface area contributed by atoms with Gasteiger partial charge in [0.05, 0.1) is 16.4 Å². The summed E-state index contributed by atoms with van der Waals surface area (Å²) < 4.78 is 58.0. The van der Waals surface area contributed by atoms with Crippen LogP contribution in [0.1, 0.15) is 19.8 Å². The van der Waals surface area contributed by atoms with Crippen LogP contribution in [0.15, 0.2) is 34.1 Å². The molecule has 23 heavy (non-hydrogen) atoms. The lowest BCUT2D eigenvalue weighted by molar-refractivity contribution is 0.180. The van der Waals surface area contributed by atoms with Crippen molar-refractivity contribution in [2.75, 3.05) is 26.8 Å². The number of nitrogens with zero attached hydrogens (tertiary/aromatic N) is 1. The van der Waals surface area contributed by atoms with E-state index in [9.17, 15) is 16.8 Å². The van der Waals surface area contributed by atoms with E-state index in [1.54, 1.807) is 6.92 Å². The average molecular weight is 362 g/mol. The highest BCUT2D eigenvalue weighted by Gasteiger charge is 2.27. The number of benzene rings is 1. The number of hydrogen-bond acceptors (Lipinski definition) is 5. The van der Waals surface area contributed by atoms with Crippen LogP contribution >= 0.6 is 0 Å². The molecule has 0 spiro atoms. The predicted molar refractivity (Wildman–Crippen MR) is 86.1 cm³/mol. The zero-order valence-corrected chi connectivity index (χ0v) is 14.9. The summed E-state index contributed by atoms with van der Waals surface area (Å²) >= 11 is 0. The first-order valence-electron chi connectivity index (χ1n) is 7.39. The van der Waals surface area contributed by atoms with Gasteiger partial charge in [-0.1, -0.05) is 0 Å². The Hall–Kier alpha value is -1.00. The van der Waals surface area contributed by atoms with Gasteiger partial charge in [-0.05, 0) is 44.0 Å². The van der Waals surface area contributed by atoms with Crippen molar-refractivity contribution in [3.63, 3.8) is 0 Å². The third-order valence-corrected chi connectivity index (χ3v) is 7.13. The van der Waals surface area contributed by atoms with E-state index in [1.165, 1.54) is 35.7 Å². The SMILES string of the molecule is COC[C@@H](C)NS(=O)(=O)c1ccc(S(=O)(=O)N2CCCC2)cc1. The normalized spacial score (nSPS) is 18.2. The lowest BCUT2D eigenvalue weighted by Gasteiger charge is -2.16. The average Bonchev–Trinajstić information content (AvgIpc) is 3.02. The molecule has 0 aliphatic carbocycles. The molecule has 0 amide bonds. The van der Waals surface area contributed by atoms with E-state index in [0.29, 0.717) is 13.1 Å². The standard InChI is InChI=1S/C14H22N2O5S2/c1-12(11-21-2)15-22(17,18)13-5-7-14(8-6-13)23(19,20)16-9-3-4-10-16/h5-8,12,15H,3-4,9-11H2,1-2H3/t12-/m1/s1. The molecule has 130 valence electrons. The molecule has 1 aromatic rings. The number of methoxy groups -OCH3 is 1. The molecule has 1 atom stereocenters. The summed E-state index contributed by atoms with van der Waals surface area (Å²) in [4.78, 5) is 0.143. The number of sulfonamides is 2. The fraction of sp³-hybridized carbons (Fsp3) is 0.571. The number of ether oxygens (including phenoxy) is 1. The third kappa shape index (κ3) is 4.30. The Morgan fingerprint density at radius 3 is 2.13 bits per heavy atom. The molecule has 2 rings (SSSR count). The molecule has 1 aliphatic heterocycles. The lowest BCUT2D eigenvalue weighted by Crippen LogP contribution is -2.35. The molecule has 0 saturated carbocycles. The van der Waals surface area contributed by atoms with Crippen molar-refractivity contribution in [3.05, 3.63) is 24.3 Å². The van der Waals surface area contributed by atoms with Crippen LogP contribution in [0.3, 0.4) is 0 Å². The Balaban J connectivity index is 2.19. The van der Waals surface area contributed by atoms with Crippen molar-refractivity contribution >= 4 is 20.0 Å². The van der Waals surface area contributed by atoms with Gasteiger partial charge in [0, 0.05) is 26.2 Å². The van der Waals surface area contributed by atoms with E-state index in [0.717, 1.165) is 12.8 Å². The van der Waals surface area contributed by atoms with E-state index in [4.69, 9.17) is 4.74 Å². The third-order valence-electron chi connectivity index (χ3n) is 3.61. The highest BCUT2D eigenvalue weighted by atomic mass is 32.2. The number of hydrogen-bond donors (Lipinski definition) is 1. The molecule has 0 aromatic heterocycles. The summed E-state index contributed by atoms with van der Waals surface area (Å²) in [7, 11) is -5.75. The Morgan fingerprint density at radius 2 is 1.61 bits per heavy atom. The summed E-state index contributed by atoms with van der Waals surface area (Å²) in [6.45, 7) is 2.96. The summed E-state index contributed by atoms with van der Waals surface area (Å²) in [6.07, 6.45) is 1.71. The van der Waals surface area contributed by atoms with E-state index in [-0.39, 0.29) is 22.4 Å². The maximum Gasteiger partial charge on any atom is 0.243 e. The molecular weight excluding hydrogens is 340 g/mol. The summed E-state index contributed by atoms with van der Waals surface area (Å²) in [6, 6.07) is 4.92. The highest BCUT2D eigenvalue weighted by Crippen LogP contribution is 2.22. The van der Waals surface area contributed by atoms with Crippen LogP contribution in [-0.4, -0.2) is 54.0 Å². The van der Waals surface area contributed by atoms with Gasteiger partial charge in [-0.3, -0.25) is 0 Å². The maximum atomic E-state index is 12.4. The molecule has 1 heterocycles. The van der Waals surface area contributed by atoms with Gasteiger partial charge in [0.1, 0.15) is 0 Å². The van der Waals surface area contributed by atoms with Crippen LogP contribution in [0.25, 0.3) is 0 Å². The van der Waals surface area contributed by atoms with Gasteiger partial charge in [-0.25, -0.2) is 21.6 Å². The molecule has 0 unspecified atom stereocenters. The molecule has 1 saturated heterocycles. The molecule has 9 heteroatoms. The van der Waals surface area contributed by atoms with Crippen molar-refractivity contribution < 1.29 is 21.6 Å². The fourth-order valence-electron chi connectivity index (χ4n) is 2.49. The second-order valence-electron chi connectivity index (χ2n) is 5.56. The number of nitrogens with one attached hydrogen (secondary N) is 1. The smallest absolute Gasteiger partial charge is 0.243 e. The summed E-state index contributed by atoms with van der Waals surface area (Å²) in [5, 5.41) is 0. The van der Waals surface area contributed by atoms with Crippen molar-refractivity contribution in [1.82, 2.24) is 9.03 Å². The van der Waals surface area contributed by atoms with Crippen molar-refractivity contribution in [2.24, 2.45) is 0 Å². The van der Waals surface area contributed by atoms with Gasteiger partial charge in [0.25, 0.3) is 0 Å². The largest absolute Gasteiger partial charge is 0.383 e. The number of rotatable bonds is 7. The van der Waals surface area contributed by atoms with Crippen LogP contribution < -0.4 is 4.72 Å². The van der Waals surface area contributed by atoms with Gasteiger partial charge in [0.2, 0.25) is 20.0 Å². The predicted octanol–water partition coefficient (Wildman–Crippen LogP) is 0.784. The Labute approximate surface area is 137 Å². The van der Waals surface area contributed by atoms with Crippen molar-refractivity contribution in [1.29, 1.82) is 0 Å². The molecule has 0 bridgehead atoms. The van der Waals surface area contributed by atoms with Crippen molar-refractivity contribution in [2.45, 2.75) is 35.6 Å². The first kappa shape index (κ1) is 18.3. The Kier molecular flexibility index (Phi) is 5.79. The van der Waals surface area contributed by atoms with Gasteiger partial charge in [0.15, 0.2) is 0 Å². The molecule has 7 nitrogen and oxygen atoms in total. The minimum Gasteiger partial charge on any atom is -0.383 e. The van der Waals surface area contributed by atoms with Gasteiger partial charge in [-0.15, -0.1) is 0 Å². The van der Waals surface area contributed by atoms with E-state index in [2.05, 4.69) is 4.72 Å². The van der Waals surface area contributed by atoms with Crippen LogP contribution in [0.2, 0.25) is 0 Å². The highest BCUT2D eigenvalue weighted by molar-refractivity contribution is 7.89. The van der Waals surface area contributed by atoms with Gasteiger partial charge < -0.3 is 4.74 Å². The first-order valence-corrected chi connectivity index (χ1v) is 10.3. The van der Waals surface area contributed by atoms with Crippen LogP contribution in [0, 0.1) is 0 Å². The van der Waals surface area contributed by atoms with Gasteiger partial charge >= 0.3 is 0 Å². The van der Waals surface area contributed by atoms with E-state index >= 15 is 0 Å². The Bertz CT molecular complexity index is 723. The van der Waals surface area contributed by atoms with Gasteiger partial charge in [-0.2, -0.15) is 4.31 Å². The van der Waals surface area contributed by atoms with E-state index in [1.807, 2.05) is 0 Å². The quantitative estimate of drug-likeness (QED) is 0.774. The second-order valence-corrected chi connectivity index (χ2v) is 9.21. The lowest BCUT2D eigenvalue weighted by atomic mass is 10.4. The molecule has 1 N–H and O–H groups in total. The molecule has 1 aliphatic rings. The molecule has 1 aromatic carbocycles. The van der Waals surface area contributed by atoms with Crippen molar-refractivity contribution in [3.8, 4) is 0 Å². The summed E-state index contributed by atoms with van der Waals surface area (Å²) in [5.41, 5.74) is 0. The van der Waals surface area contributed by atoms with Crippen LogP contribution in [-0.2, 0) is 24.8 Å². The topological polar surface area (TPSA) is 92.8 Å². The van der Waals surface area contributed by atoms with Crippen LogP contribution in [0.4, 0.5) is 0 Å². The first-order chi connectivity index (χ1) is 10.8. The monoisotopic (exact) mass is 362 g/mol. The maximum absolute atomic E-state index is 12.4. The fourth-order valence-corrected chi connectivity index (χ4v) is 5.23. The zero-order chi connectivity index (χ0) is 17.1. The minimum absolute atomic E-state index is 0.0285. The van der Waals surface area contributed by atoms with Crippen LogP contribution in [0.5, 0.6) is 0 Å². The minimum atomic E-state index is -3.70.